The van der Waals surface area contributed by atoms with Crippen LogP contribution in [0.5, 0.6) is 5.75 Å². The Morgan fingerprint density at radius 3 is 2.97 bits per heavy atom. The van der Waals surface area contributed by atoms with Gasteiger partial charge in [0, 0.05) is 37.5 Å². The maximum absolute atomic E-state index is 12.0. The minimum Gasteiger partial charge on any atom is -0.496 e. The molecule has 2 aliphatic rings. The number of aliphatic carboxylic acids is 1. The van der Waals surface area contributed by atoms with Gasteiger partial charge >= 0.3 is 5.97 Å². The second-order valence-electron chi connectivity index (χ2n) is 8.91. The highest BCUT2D eigenvalue weighted by molar-refractivity contribution is 5.76. The first-order valence-corrected chi connectivity index (χ1v) is 12.1. The van der Waals surface area contributed by atoms with Crippen molar-refractivity contribution in [3.05, 3.63) is 53.2 Å². The van der Waals surface area contributed by atoms with E-state index in [1.165, 1.54) is 12.0 Å². The highest BCUT2D eigenvalue weighted by atomic mass is 16.5. The summed E-state index contributed by atoms with van der Waals surface area (Å²) in [6, 6.07) is 11.0. The summed E-state index contributed by atoms with van der Waals surface area (Å²) in [5.74, 6) is 0.824. The number of aryl methyl sites for hydroxylation is 2. The van der Waals surface area contributed by atoms with Crippen molar-refractivity contribution in [2.24, 2.45) is 0 Å². The van der Waals surface area contributed by atoms with Crippen LogP contribution in [0.3, 0.4) is 0 Å². The Morgan fingerprint density at radius 1 is 1.24 bits per heavy atom. The van der Waals surface area contributed by atoms with E-state index in [-0.39, 0.29) is 6.10 Å². The number of rotatable bonds is 11. The number of ether oxygens (including phenoxy) is 2. The molecule has 2 N–H and O–H groups in total. The van der Waals surface area contributed by atoms with Gasteiger partial charge in [-0.1, -0.05) is 30.7 Å². The normalized spacial score (nSPS) is 19.0. The van der Waals surface area contributed by atoms with Crippen molar-refractivity contribution in [2.45, 2.75) is 57.1 Å². The van der Waals surface area contributed by atoms with Crippen LogP contribution in [0.25, 0.3) is 0 Å². The molecule has 0 bridgehead atoms. The molecule has 7 heteroatoms. The Bertz CT molecular complexity index is 936. The number of methoxy groups -OCH3 is 1. The van der Waals surface area contributed by atoms with Gasteiger partial charge in [0.05, 0.1) is 13.2 Å². The lowest BCUT2D eigenvalue weighted by molar-refractivity contribution is -0.143. The van der Waals surface area contributed by atoms with Crippen LogP contribution in [0.2, 0.25) is 0 Å². The number of likely N-dealkylation sites (tertiary alicyclic amines) is 1. The molecule has 0 spiro atoms. The van der Waals surface area contributed by atoms with Gasteiger partial charge in [-0.25, -0.2) is 4.98 Å². The van der Waals surface area contributed by atoms with Crippen molar-refractivity contribution in [1.29, 1.82) is 0 Å². The number of anilines is 1. The van der Waals surface area contributed by atoms with E-state index in [2.05, 4.69) is 17.4 Å². The highest BCUT2D eigenvalue weighted by Gasteiger charge is 2.35. The Labute approximate surface area is 196 Å². The number of hydrogen-bond donors (Lipinski definition) is 2. The van der Waals surface area contributed by atoms with E-state index < -0.39 is 12.0 Å². The molecule has 1 fully saturated rings. The Balaban J connectivity index is 1.18. The number of pyridine rings is 1. The lowest BCUT2D eigenvalue weighted by Crippen LogP contribution is -2.33. The summed E-state index contributed by atoms with van der Waals surface area (Å²) < 4.78 is 11.5. The van der Waals surface area contributed by atoms with E-state index >= 15 is 0 Å². The van der Waals surface area contributed by atoms with Gasteiger partial charge in [-0.05, 0) is 56.2 Å². The summed E-state index contributed by atoms with van der Waals surface area (Å²) in [5, 5.41) is 13.3. The van der Waals surface area contributed by atoms with Crippen molar-refractivity contribution in [3.8, 4) is 5.75 Å². The average molecular weight is 454 g/mol. The SMILES string of the molecule is COc1ccccc1[C@H](C(=O)O)N1CC[C@@H](OCCCCCc2ccc3c(n2)NCCC3)C1. The van der Waals surface area contributed by atoms with Crippen molar-refractivity contribution in [3.63, 3.8) is 0 Å². The Morgan fingerprint density at radius 2 is 2.12 bits per heavy atom. The largest absolute Gasteiger partial charge is 0.496 e. The standard InChI is InChI=1S/C26H35N3O4/c1-32-23-11-5-4-10-22(23)24(26(30)31)29-16-14-21(18-29)33-17-6-2-3-9-20-13-12-19-8-7-15-27-25(19)28-20/h4-5,10-13,21,24H,2-3,6-9,14-18H2,1H3,(H,27,28)(H,30,31)/t21-,24-/m1/s1. The van der Waals surface area contributed by atoms with Crippen LogP contribution in [0, 0.1) is 0 Å². The van der Waals surface area contributed by atoms with Gasteiger partial charge in [0.15, 0.2) is 0 Å². The summed E-state index contributed by atoms with van der Waals surface area (Å²) in [5.41, 5.74) is 3.19. The van der Waals surface area contributed by atoms with E-state index in [4.69, 9.17) is 14.5 Å². The number of carboxylic acids is 1. The average Bonchev–Trinajstić information content (AvgIpc) is 3.29. The number of para-hydroxylation sites is 1. The summed E-state index contributed by atoms with van der Waals surface area (Å²) in [7, 11) is 1.58. The molecular weight excluding hydrogens is 418 g/mol. The van der Waals surface area contributed by atoms with Gasteiger partial charge in [-0.3, -0.25) is 9.69 Å². The molecule has 2 atom stereocenters. The van der Waals surface area contributed by atoms with E-state index in [1.54, 1.807) is 7.11 Å². The van der Waals surface area contributed by atoms with Gasteiger partial charge in [-0.2, -0.15) is 0 Å². The number of unbranched alkanes of at least 4 members (excludes halogenated alkanes) is 2. The number of carboxylic acid groups (broad SMARTS) is 1. The third-order valence-corrected chi connectivity index (χ3v) is 6.59. The molecule has 2 aromatic rings. The predicted molar refractivity (Wildman–Crippen MR) is 128 cm³/mol. The molecule has 1 saturated heterocycles. The number of hydrogen-bond acceptors (Lipinski definition) is 6. The van der Waals surface area contributed by atoms with Crippen LogP contribution >= 0.6 is 0 Å². The summed E-state index contributed by atoms with van der Waals surface area (Å²) in [6.07, 6.45) is 7.43. The first-order valence-electron chi connectivity index (χ1n) is 12.1. The first kappa shape index (κ1) is 23.5. The Hall–Kier alpha value is -2.64. The molecule has 3 heterocycles. The lowest BCUT2D eigenvalue weighted by Gasteiger charge is -2.25. The fraction of sp³-hybridized carbons (Fsp3) is 0.538. The van der Waals surface area contributed by atoms with Crippen molar-refractivity contribution in [1.82, 2.24) is 9.88 Å². The summed E-state index contributed by atoms with van der Waals surface area (Å²) >= 11 is 0. The number of aromatic nitrogens is 1. The van der Waals surface area contributed by atoms with E-state index in [0.717, 1.165) is 56.6 Å². The molecule has 0 unspecified atom stereocenters. The molecule has 1 aromatic heterocycles. The van der Waals surface area contributed by atoms with Crippen molar-refractivity contribution < 1.29 is 19.4 Å². The molecule has 0 radical (unpaired) electrons. The van der Waals surface area contributed by atoms with Crippen molar-refractivity contribution >= 4 is 11.8 Å². The second kappa shape index (κ2) is 11.5. The molecule has 0 saturated carbocycles. The molecule has 2 aliphatic heterocycles. The number of carbonyl (C=O) groups is 1. The quantitative estimate of drug-likeness (QED) is 0.496. The molecule has 0 aliphatic carbocycles. The lowest BCUT2D eigenvalue weighted by atomic mass is 10.0. The molecule has 33 heavy (non-hydrogen) atoms. The molecule has 1 aromatic carbocycles. The summed E-state index contributed by atoms with van der Waals surface area (Å²) in [4.78, 5) is 18.8. The molecule has 4 rings (SSSR count). The molecule has 178 valence electrons. The van der Waals surface area contributed by atoms with Gasteiger partial charge < -0.3 is 19.9 Å². The van der Waals surface area contributed by atoms with Crippen LogP contribution in [0.1, 0.15) is 55.0 Å². The van der Waals surface area contributed by atoms with E-state index in [0.29, 0.717) is 31.0 Å². The number of fused-ring (bicyclic) bond motifs is 1. The molecular formula is C26H35N3O4. The fourth-order valence-electron chi connectivity index (χ4n) is 4.85. The van der Waals surface area contributed by atoms with Gasteiger partial charge in [0.1, 0.15) is 17.6 Å². The fourth-order valence-corrected chi connectivity index (χ4v) is 4.85. The first-order chi connectivity index (χ1) is 16.2. The van der Waals surface area contributed by atoms with Gasteiger partial charge in [0.2, 0.25) is 0 Å². The maximum atomic E-state index is 12.0. The van der Waals surface area contributed by atoms with E-state index in [1.807, 2.05) is 29.2 Å². The van der Waals surface area contributed by atoms with Crippen LogP contribution in [-0.4, -0.2) is 60.4 Å². The van der Waals surface area contributed by atoms with Gasteiger partial charge in [-0.15, -0.1) is 0 Å². The minimum atomic E-state index is -0.855. The minimum absolute atomic E-state index is 0.0787. The zero-order valence-electron chi connectivity index (χ0n) is 19.5. The Kier molecular flexibility index (Phi) is 8.18. The second-order valence-corrected chi connectivity index (χ2v) is 8.91. The highest BCUT2D eigenvalue weighted by Crippen LogP contribution is 2.32. The van der Waals surface area contributed by atoms with E-state index in [9.17, 15) is 9.90 Å². The third kappa shape index (κ3) is 6.03. The molecule has 7 nitrogen and oxygen atoms in total. The summed E-state index contributed by atoms with van der Waals surface area (Å²) in [6.45, 7) is 3.06. The predicted octanol–water partition coefficient (Wildman–Crippen LogP) is 4.08. The monoisotopic (exact) mass is 453 g/mol. The topological polar surface area (TPSA) is 83.9 Å². The van der Waals surface area contributed by atoms with Crippen molar-refractivity contribution in [2.75, 3.05) is 38.7 Å². The number of nitrogens with zero attached hydrogens (tertiary/aromatic N) is 2. The maximum Gasteiger partial charge on any atom is 0.325 e. The van der Waals surface area contributed by atoms with Crippen LogP contribution in [0.15, 0.2) is 36.4 Å². The van der Waals surface area contributed by atoms with Crippen LogP contribution < -0.4 is 10.1 Å². The zero-order valence-corrected chi connectivity index (χ0v) is 19.5. The number of benzene rings is 1. The van der Waals surface area contributed by atoms with Crippen LogP contribution in [-0.2, 0) is 22.4 Å². The molecule has 0 amide bonds. The number of nitrogens with one attached hydrogen (secondary N) is 1. The smallest absolute Gasteiger partial charge is 0.325 e. The van der Waals surface area contributed by atoms with Gasteiger partial charge in [0.25, 0.3) is 0 Å². The zero-order chi connectivity index (χ0) is 23.0. The van der Waals surface area contributed by atoms with Crippen LogP contribution in [0.4, 0.5) is 5.82 Å². The third-order valence-electron chi connectivity index (χ3n) is 6.59.